The van der Waals surface area contributed by atoms with E-state index in [2.05, 4.69) is 0 Å². The van der Waals surface area contributed by atoms with Gasteiger partial charge >= 0.3 is 5.97 Å². The molecule has 0 amide bonds. The molecule has 0 aromatic heterocycles. The number of rotatable bonds is 8. The molecule has 11 atom stereocenters. The second-order valence-corrected chi connectivity index (χ2v) is 7.94. The van der Waals surface area contributed by atoms with Gasteiger partial charge in [-0.1, -0.05) is 13.8 Å². The van der Waals surface area contributed by atoms with Crippen molar-refractivity contribution < 1.29 is 59.5 Å². The smallest absolute Gasteiger partial charge is 0.364 e. The fraction of sp³-hybridized carbons (Fsp3) is 0.944. The highest BCUT2D eigenvalue weighted by Gasteiger charge is 2.55. The van der Waals surface area contributed by atoms with Gasteiger partial charge in [0.15, 0.2) is 6.29 Å². The molecule has 0 aromatic rings. The Balaban J connectivity index is 2.20. The van der Waals surface area contributed by atoms with E-state index in [0.717, 1.165) is 0 Å². The van der Waals surface area contributed by atoms with Gasteiger partial charge in [-0.3, -0.25) is 0 Å². The first-order valence-corrected chi connectivity index (χ1v) is 9.73. The number of aliphatic hydroxyl groups excluding tert-OH is 6. The van der Waals surface area contributed by atoms with Crippen molar-refractivity contribution in [2.45, 2.75) is 75.1 Å². The number of ether oxygens (including phenoxy) is 4. The Morgan fingerprint density at radius 2 is 1.80 bits per heavy atom. The lowest BCUT2D eigenvalue weighted by atomic mass is 9.84. The van der Waals surface area contributed by atoms with Crippen LogP contribution < -0.4 is 0 Å². The van der Waals surface area contributed by atoms with E-state index in [0.29, 0.717) is 0 Å². The van der Waals surface area contributed by atoms with Gasteiger partial charge in [-0.15, -0.1) is 0 Å². The maximum atomic E-state index is 12.0. The van der Waals surface area contributed by atoms with Gasteiger partial charge in [-0.05, 0) is 0 Å². The molecule has 0 spiro atoms. The number of aliphatic hydroxyl groups is 6. The summed E-state index contributed by atoms with van der Waals surface area (Å²) in [4.78, 5) is 12.0. The van der Waals surface area contributed by atoms with Crippen LogP contribution in [0.15, 0.2) is 0 Å². The predicted octanol–water partition coefficient (Wildman–Crippen LogP) is -2.99. The Labute approximate surface area is 173 Å². The Hall–Kier alpha value is -0.930. The number of methoxy groups -OCH3 is 1. The molecule has 0 bridgehead atoms. The molecule has 3 unspecified atom stereocenters. The molecule has 2 rings (SSSR count). The first-order chi connectivity index (χ1) is 14.0. The molecular weight excluding hydrogens is 408 g/mol. The van der Waals surface area contributed by atoms with Crippen molar-refractivity contribution >= 4 is 5.97 Å². The summed E-state index contributed by atoms with van der Waals surface area (Å²) in [6.07, 6.45) is -11.1. The lowest BCUT2D eigenvalue weighted by Crippen LogP contribution is -2.62. The summed E-state index contributed by atoms with van der Waals surface area (Å²) in [5, 5.41) is 69.6. The zero-order valence-electron chi connectivity index (χ0n) is 17.1. The standard InChI is InChI=1S/C18H32O12/c1-7-9(20)4-18(17(25)26,30-15(7)13(23)10(21)5-19)28-6-11-14(24)12(22)8(2)16(27-3)29-11/h7-16,19-24H,4-6H2,1-3H3,(H,25,26)/t7-,8?,9-,10-,11?,12-,13-,14+,15?,16+,18-/m1/s1. The van der Waals surface area contributed by atoms with E-state index in [9.17, 15) is 35.4 Å². The van der Waals surface area contributed by atoms with Crippen LogP contribution in [0.3, 0.4) is 0 Å². The number of hydrogen-bond acceptors (Lipinski definition) is 11. The second-order valence-electron chi connectivity index (χ2n) is 7.94. The summed E-state index contributed by atoms with van der Waals surface area (Å²) >= 11 is 0. The molecule has 0 saturated carbocycles. The highest BCUT2D eigenvalue weighted by Crippen LogP contribution is 2.37. The van der Waals surface area contributed by atoms with Crippen LogP contribution in [-0.4, -0.2) is 117 Å². The van der Waals surface area contributed by atoms with E-state index in [-0.39, 0.29) is 0 Å². The summed E-state index contributed by atoms with van der Waals surface area (Å²) in [6, 6.07) is 0. The average molecular weight is 440 g/mol. The molecule has 2 aliphatic heterocycles. The summed E-state index contributed by atoms with van der Waals surface area (Å²) in [6.45, 7) is 1.76. The Kier molecular flexibility index (Phi) is 8.55. The molecular formula is C18H32O12. The first kappa shape index (κ1) is 25.3. The molecule has 176 valence electrons. The largest absolute Gasteiger partial charge is 0.477 e. The van der Waals surface area contributed by atoms with Crippen LogP contribution >= 0.6 is 0 Å². The highest BCUT2D eigenvalue weighted by atomic mass is 16.7. The Morgan fingerprint density at radius 3 is 2.33 bits per heavy atom. The van der Waals surface area contributed by atoms with E-state index in [1.165, 1.54) is 14.0 Å². The maximum absolute atomic E-state index is 12.0. The number of carboxylic acid groups (broad SMARTS) is 1. The van der Waals surface area contributed by atoms with Crippen molar-refractivity contribution in [3.63, 3.8) is 0 Å². The molecule has 0 aliphatic carbocycles. The normalized spacial score (nSPS) is 44.4. The summed E-state index contributed by atoms with van der Waals surface area (Å²) in [5.74, 6) is -5.37. The van der Waals surface area contributed by atoms with E-state index >= 15 is 0 Å². The van der Waals surface area contributed by atoms with Crippen LogP contribution in [0.25, 0.3) is 0 Å². The molecule has 2 fully saturated rings. The zero-order valence-corrected chi connectivity index (χ0v) is 17.1. The number of carboxylic acids is 1. The summed E-state index contributed by atoms with van der Waals surface area (Å²) in [5.41, 5.74) is 0. The van der Waals surface area contributed by atoms with E-state index < -0.39 is 92.2 Å². The van der Waals surface area contributed by atoms with Gasteiger partial charge in [-0.2, -0.15) is 0 Å². The highest BCUT2D eigenvalue weighted by molar-refractivity contribution is 5.76. The summed E-state index contributed by atoms with van der Waals surface area (Å²) < 4.78 is 21.6. The lowest BCUT2D eigenvalue weighted by molar-refractivity contribution is -0.336. The van der Waals surface area contributed by atoms with Gasteiger partial charge in [0.2, 0.25) is 0 Å². The van der Waals surface area contributed by atoms with Crippen LogP contribution in [0.2, 0.25) is 0 Å². The summed E-state index contributed by atoms with van der Waals surface area (Å²) in [7, 11) is 1.35. The average Bonchev–Trinajstić information content (AvgIpc) is 2.72. The molecule has 2 aliphatic rings. The molecule has 12 nitrogen and oxygen atoms in total. The van der Waals surface area contributed by atoms with Gasteiger partial charge in [0, 0.05) is 25.4 Å². The molecule has 12 heteroatoms. The number of aliphatic carboxylic acids is 1. The Morgan fingerprint density at radius 1 is 1.17 bits per heavy atom. The maximum Gasteiger partial charge on any atom is 0.364 e. The third-order valence-electron chi connectivity index (χ3n) is 5.89. The zero-order chi connectivity index (χ0) is 22.8. The Bertz CT molecular complexity index is 573. The van der Waals surface area contributed by atoms with Gasteiger partial charge < -0.3 is 54.7 Å². The third-order valence-corrected chi connectivity index (χ3v) is 5.89. The van der Waals surface area contributed by atoms with E-state index in [1.54, 1.807) is 6.92 Å². The van der Waals surface area contributed by atoms with Crippen molar-refractivity contribution in [2.24, 2.45) is 11.8 Å². The van der Waals surface area contributed by atoms with Crippen molar-refractivity contribution in [1.82, 2.24) is 0 Å². The molecule has 30 heavy (non-hydrogen) atoms. The van der Waals surface area contributed by atoms with Gasteiger partial charge in [0.25, 0.3) is 5.79 Å². The van der Waals surface area contributed by atoms with Crippen molar-refractivity contribution in [1.29, 1.82) is 0 Å². The van der Waals surface area contributed by atoms with E-state index in [4.69, 9.17) is 24.1 Å². The fourth-order valence-corrected chi connectivity index (χ4v) is 3.75. The van der Waals surface area contributed by atoms with Crippen molar-refractivity contribution in [2.75, 3.05) is 20.3 Å². The minimum absolute atomic E-state index is 0.503. The minimum Gasteiger partial charge on any atom is -0.477 e. The quantitative estimate of drug-likeness (QED) is 0.202. The van der Waals surface area contributed by atoms with E-state index in [1.807, 2.05) is 0 Å². The lowest BCUT2D eigenvalue weighted by Gasteiger charge is -2.46. The molecule has 2 saturated heterocycles. The van der Waals surface area contributed by atoms with Crippen LogP contribution in [0.1, 0.15) is 20.3 Å². The number of carbonyl (C=O) groups is 1. The van der Waals surface area contributed by atoms with Crippen LogP contribution in [-0.2, 0) is 23.7 Å². The van der Waals surface area contributed by atoms with Gasteiger partial charge in [0.1, 0.15) is 24.4 Å². The SMILES string of the molecule is CO[C@H]1OC(CO[C@]2(C(=O)O)C[C@@H](O)[C@@H](C)C([C@H](O)[C@H](O)CO)O2)[C@H](O)[C@H](O)C1C. The number of hydrogen-bond donors (Lipinski definition) is 7. The van der Waals surface area contributed by atoms with Crippen molar-refractivity contribution in [3.05, 3.63) is 0 Å². The molecule has 7 N–H and O–H groups in total. The van der Waals surface area contributed by atoms with Crippen LogP contribution in [0.4, 0.5) is 0 Å². The minimum atomic E-state index is -2.42. The first-order valence-electron chi connectivity index (χ1n) is 9.73. The van der Waals surface area contributed by atoms with Gasteiger partial charge in [0.05, 0.1) is 31.5 Å². The molecule has 0 aromatic carbocycles. The predicted molar refractivity (Wildman–Crippen MR) is 96.9 cm³/mol. The van der Waals surface area contributed by atoms with Crippen LogP contribution in [0.5, 0.6) is 0 Å². The topological polar surface area (TPSA) is 196 Å². The molecule has 0 radical (unpaired) electrons. The van der Waals surface area contributed by atoms with Crippen molar-refractivity contribution in [3.8, 4) is 0 Å². The monoisotopic (exact) mass is 440 g/mol. The van der Waals surface area contributed by atoms with Gasteiger partial charge in [-0.25, -0.2) is 4.79 Å². The fourth-order valence-electron chi connectivity index (χ4n) is 3.75. The van der Waals surface area contributed by atoms with Crippen LogP contribution in [0, 0.1) is 11.8 Å². The second kappa shape index (κ2) is 10.1. The molecule has 2 heterocycles. The third kappa shape index (κ3) is 4.93.